The number of sulfonamides is 1. The van der Waals surface area contributed by atoms with Gasteiger partial charge >= 0.3 is 0 Å². The van der Waals surface area contributed by atoms with Crippen molar-refractivity contribution in [2.75, 3.05) is 18.0 Å². The monoisotopic (exact) mass is 385 g/mol. The summed E-state index contributed by atoms with van der Waals surface area (Å²) in [5.41, 5.74) is 0.655. The molecule has 126 valence electrons. The zero-order chi connectivity index (χ0) is 17.5. The van der Waals surface area contributed by atoms with E-state index in [4.69, 9.17) is 27.9 Å². The molecule has 5 nitrogen and oxygen atoms in total. The molecular weight excluding hydrogens is 373 g/mol. The van der Waals surface area contributed by atoms with Crippen molar-refractivity contribution in [1.29, 1.82) is 0 Å². The minimum atomic E-state index is -3.88. The van der Waals surface area contributed by atoms with Crippen LogP contribution in [-0.4, -0.2) is 27.9 Å². The van der Waals surface area contributed by atoms with Gasteiger partial charge in [0.2, 0.25) is 0 Å². The van der Waals surface area contributed by atoms with Gasteiger partial charge in [-0.3, -0.25) is 9.10 Å². The van der Waals surface area contributed by atoms with Crippen LogP contribution < -0.4 is 9.04 Å². The lowest BCUT2D eigenvalue weighted by atomic mass is 10.0. The zero-order valence-electron chi connectivity index (χ0n) is 12.6. The molecule has 0 aromatic heterocycles. The molecule has 2 aromatic rings. The van der Waals surface area contributed by atoms with Crippen LogP contribution in [-0.2, 0) is 10.0 Å². The second kappa shape index (κ2) is 6.27. The number of hydrogen-bond donors (Lipinski definition) is 0. The number of rotatable bonds is 3. The fourth-order valence-electron chi connectivity index (χ4n) is 2.55. The Morgan fingerprint density at radius 1 is 1.08 bits per heavy atom. The van der Waals surface area contributed by atoms with Crippen LogP contribution in [0.1, 0.15) is 16.8 Å². The maximum atomic E-state index is 13.0. The third kappa shape index (κ3) is 2.85. The molecule has 0 saturated heterocycles. The number of fused-ring (bicyclic) bond motifs is 1. The lowest BCUT2D eigenvalue weighted by molar-refractivity contribution is 0.0982. The largest absolute Gasteiger partial charge is 0.497 e. The van der Waals surface area contributed by atoms with E-state index in [-0.39, 0.29) is 33.7 Å². The van der Waals surface area contributed by atoms with Gasteiger partial charge in [0.05, 0.1) is 27.7 Å². The molecule has 0 unspecified atom stereocenters. The molecule has 24 heavy (non-hydrogen) atoms. The van der Waals surface area contributed by atoms with Crippen molar-refractivity contribution in [3.8, 4) is 5.75 Å². The van der Waals surface area contributed by atoms with Crippen molar-refractivity contribution in [1.82, 2.24) is 0 Å². The highest BCUT2D eigenvalue weighted by Crippen LogP contribution is 2.35. The van der Waals surface area contributed by atoms with Crippen LogP contribution in [0.15, 0.2) is 41.3 Å². The quantitative estimate of drug-likeness (QED) is 0.806. The Bertz CT molecular complexity index is 928. The van der Waals surface area contributed by atoms with Gasteiger partial charge in [0.1, 0.15) is 5.75 Å². The van der Waals surface area contributed by atoms with Gasteiger partial charge in [-0.1, -0.05) is 23.2 Å². The van der Waals surface area contributed by atoms with Crippen molar-refractivity contribution in [2.24, 2.45) is 0 Å². The van der Waals surface area contributed by atoms with Crippen molar-refractivity contribution < 1.29 is 17.9 Å². The predicted octanol–water partition coefficient (Wildman–Crippen LogP) is 3.78. The first kappa shape index (κ1) is 17.1. The maximum Gasteiger partial charge on any atom is 0.264 e. The van der Waals surface area contributed by atoms with Crippen LogP contribution in [0.2, 0.25) is 10.0 Å². The number of ketones is 1. The van der Waals surface area contributed by atoms with Crippen molar-refractivity contribution in [3.05, 3.63) is 52.0 Å². The second-order valence-corrected chi connectivity index (χ2v) is 7.89. The van der Waals surface area contributed by atoms with Crippen LogP contribution in [0, 0.1) is 0 Å². The van der Waals surface area contributed by atoms with E-state index in [0.29, 0.717) is 17.0 Å². The van der Waals surface area contributed by atoms with E-state index in [2.05, 4.69) is 0 Å². The van der Waals surface area contributed by atoms with Gasteiger partial charge in [-0.25, -0.2) is 8.42 Å². The van der Waals surface area contributed by atoms with Gasteiger partial charge < -0.3 is 4.74 Å². The third-order valence-corrected chi connectivity index (χ3v) is 6.34. The van der Waals surface area contributed by atoms with Crippen molar-refractivity contribution >= 4 is 44.7 Å². The minimum Gasteiger partial charge on any atom is -0.497 e. The Morgan fingerprint density at radius 2 is 1.83 bits per heavy atom. The van der Waals surface area contributed by atoms with Crippen molar-refractivity contribution in [3.63, 3.8) is 0 Å². The SMILES string of the molecule is COc1ccc2c(c1)N(S(=O)(=O)c1ccc(Cl)c(Cl)c1)CCC2=O. The average Bonchev–Trinajstić information content (AvgIpc) is 2.56. The highest BCUT2D eigenvalue weighted by atomic mass is 35.5. The molecule has 0 amide bonds. The van der Waals surface area contributed by atoms with Crippen LogP contribution in [0.4, 0.5) is 5.69 Å². The van der Waals surface area contributed by atoms with Gasteiger partial charge in [-0.15, -0.1) is 0 Å². The number of anilines is 1. The molecule has 2 aromatic carbocycles. The van der Waals surface area contributed by atoms with E-state index in [9.17, 15) is 13.2 Å². The van der Waals surface area contributed by atoms with E-state index in [0.717, 1.165) is 0 Å². The zero-order valence-corrected chi connectivity index (χ0v) is 15.0. The summed E-state index contributed by atoms with van der Waals surface area (Å²) < 4.78 is 32.3. The Morgan fingerprint density at radius 3 is 2.50 bits per heavy atom. The highest BCUT2D eigenvalue weighted by molar-refractivity contribution is 7.92. The maximum absolute atomic E-state index is 13.0. The topological polar surface area (TPSA) is 63.7 Å². The van der Waals surface area contributed by atoms with Crippen molar-refractivity contribution in [2.45, 2.75) is 11.3 Å². The van der Waals surface area contributed by atoms with Gasteiger partial charge in [0.15, 0.2) is 5.78 Å². The lowest BCUT2D eigenvalue weighted by Crippen LogP contribution is -2.37. The number of nitrogens with zero attached hydrogens (tertiary/aromatic N) is 1. The highest BCUT2D eigenvalue weighted by Gasteiger charge is 2.33. The number of ether oxygens (including phenoxy) is 1. The summed E-state index contributed by atoms with van der Waals surface area (Å²) >= 11 is 11.8. The number of benzene rings is 2. The first-order valence-corrected chi connectivity index (χ1v) is 9.23. The molecule has 0 aliphatic carbocycles. The fraction of sp³-hybridized carbons (Fsp3) is 0.188. The van der Waals surface area contributed by atoms with E-state index < -0.39 is 10.0 Å². The van der Waals surface area contributed by atoms with Crippen LogP contribution in [0.3, 0.4) is 0 Å². The summed E-state index contributed by atoms with van der Waals surface area (Å²) in [6.45, 7) is 0.0571. The summed E-state index contributed by atoms with van der Waals surface area (Å²) in [4.78, 5) is 12.1. The Balaban J connectivity index is 2.14. The van der Waals surface area contributed by atoms with Crippen LogP contribution in [0.5, 0.6) is 5.75 Å². The fourth-order valence-corrected chi connectivity index (χ4v) is 4.42. The van der Waals surface area contributed by atoms with Crippen LogP contribution >= 0.6 is 23.2 Å². The smallest absolute Gasteiger partial charge is 0.264 e. The van der Waals surface area contributed by atoms with Gasteiger partial charge in [0.25, 0.3) is 10.0 Å². The molecule has 0 N–H and O–H groups in total. The standard InChI is InChI=1S/C16H13Cl2NO4S/c1-23-10-2-4-12-15(8-10)19(7-6-16(12)20)24(21,22)11-3-5-13(17)14(18)9-11/h2-5,8-9H,6-7H2,1H3. The van der Waals surface area contributed by atoms with E-state index >= 15 is 0 Å². The molecule has 0 saturated carbocycles. The second-order valence-electron chi connectivity index (χ2n) is 5.21. The Kier molecular flexibility index (Phi) is 4.46. The Labute approximate surface area is 149 Å². The minimum absolute atomic E-state index is 0.0139. The molecule has 1 aliphatic rings. The van der Waals surface area contributed by atoms with E-state index in [1.807, 2.05) is 0 Å². The van der Waals surface area contributed by atoms with Crippen LogP contribution in [0.25, 0.3) is 0 Å². The Hall–Kier alpha value is -1.76. The predicted molar refractivity (Wildman–Crippen MR) is 92.9 cm³/mol. The molecular formula is C16H13Cl2NO4S. The van der Waals surface area contributed by atoms with Gasteiger partial charge in [-0.2, -0.15) is 0 Å². The van der Waals surface area contributed by atoms with Gasteiger partial charge in [-0.05, 0) is 30.3 Å². The summed E-state index contributed by atoms with van der Waals surface area (Å²) in [7, 11) is -2.40. The number of halogens is 2. The summed E-state index contributed by atoms with van der Waals surface area (Å²) in [5, 5.41) is 0.420. The molecule has 0 bridgehead atoms. The third-order valence-electron chi connectivity index (χ3n) is 3.80. The van der Waals surface area contributed by atoms with Gasteiger partial charge in [0, 0.05) is 24.6 Å². The van der Waals surface area contributed by atoms with E-state index in [1.165, 1.54) is 29.6 Å². The summed E-state index contributed by atoms with van der Waals surface area (Å²) in [5.74, 6) is 0.367. The molecule has 0 radical (unpaired) electrons. The number of carbonyl (C=O) groups excluding carboxylic acids is 1. The number of Topliss-reactive ketones (excluding diaryl/α,β-unsaturated/α-hetero) is 1. The molecule has 3 rings (SSSR count). The first-order chi connectivity index (χ1) is 11.3. The number of hydrogen-bond acceptors (Lipinski definition) is 4. The number of carbonyl (C=O) groups is 1. The number of methoxy groups -OCH3 is 1. The molecule has 8 heteroatoms. The average molecular weight is 386 g/mol. The molecule has 1 aliphatic heterocycles. The summed E-state index contributed by atoms with van der Waals surface area (Å²) in [6, 6.07) is 8.87. The molecule has 1 heterocycles. The van der Waals surface area contributed by atoms with E-state index in [1.54, 1.807) is 18.2 Å². The molecule has 0 atom stereocenters. The molecule has 0 spiro atoms. The molecule has 0 fully saturated rings. The summed E-state index contributed by atoms with van der Waals surface area (Å²) in [6.07, 6.45) is 0.111. The normalized spacial score (nSPS) is 14.5. The first-order valence-electron chi connectivity index (χ1n) is 7.03. The lowest BCUT2D eigenvalue weighted by Gasteiger charge is -2.30.